The standard InChI is InChI=1S/C17H34N2/c1-4-8-14(2)12-19-13-15(3)18-11-17(19)16-9-6-5-7-10-16/h14-18H,4-13H2,1-3H3. The number of piperazine rings is 1. The van der Waals surface area contributed by atoms with Crippen molar-refractivity contribution < 1.29 is 0 Å². The van der Waals surface area contributed by atoms with E-state index in [1.807, 2.05) is 0 Å². The number of nitrogens with one attached hydrogen (secondary N) is 1. The third-order valence-corrected chi connectivity index (χ3v) is 5.17. The normalized spacial score (nSPS) is 32.4. The Morgan fingerprint density at radius 3 is 2.63 bits per heavy atom. The van der Waals surface area contributed by atoms with E-state index in [1.54, 1.807) is 0 Å². The van der Waals surface area contributed by atoms with Crippen LogP contribution in [0.3, 0.4) is 0 Å². The minimum absolute atomic E-state index is 0.675. The van der Waals surface area contributed by atoms with E-state index in [0.29, 0.717) is 6.04 Å². The second-order valence-corrected chi connectivity index (χ2v) is 7.12. The molecule has 0 bridgehead atoms. The van der Waals surface area contributed by atoms with E-state index < -0.39 is 0 Å². The number of nitrogens with zero attached hydrogens (tertiary/aromatic N) is 1. The van der Waals surface area contributed by atoms with Crippen molar-refractivity contribution in [3.63, 3.8) is 0 Å². The van der Waals surface area contributed by atoms with Crippen LogP contribution in [-0.4, -0.2) is 36.6 Å². The van der Waals surface area contributed by atoms with Gasteiger partial charge in [-0.25, -0.2) is 0 Å². The molecular formula is C17H34N2. The highest BCUT2D eigenvalue weighted by Crippen LogP contribution is 2.30. The van der Waals surface area contributed by atoms with E-state index in [2.05, 4.69) is 31.0 Å². The minimum Gasteiger partial charge on any atom is -0.311 e. The predicted octanol–water partition coefficient (Wildman–Crippen LogP) is 3.67. The molecule has 3 atom stereocenters. The summed E-state index contributed by atoms with van der Waals surface area (Å²) in [6.07, 6.45) is 10.1. The molecule has 0 aromatic carbocycles. The first kappa shape index (κ1) is 15.3. The highest BCUT2D eigenvalue weighted by Gasteiger charge is 2.33. The second kappa shape index (κ2) is 7.64. The van der Waals surface area contributed by atoms with Crippen molar-refractivity contribution in [3.05, 3.63) is 0 Å². The number of hydrogen-bond acceptors (Lipinski definition) is 2. The topological polar surface area (TPSA) is 15.3 Å². The van der Waals surface area contributed by atoms with Gasteiger partial charge in [0.05, 0.1) is 0 Å². The molecule has 2 rings (SSSR count). The first-order valence-corrected chi connectivity index (χ1v) is 8.68. The molecule has 2 aliphatic rings. The Balaban J connectivity index is 1.93. The molecule has 2 heteroatoms. The van der Waals surface area contributed by atoms with Gasteiger partial charge in [0.1, 0.15) is 0 Å². The maximum Gasteiger partial charge on any atom is 0.0249 e. The van der Waals surface area contributed by atoms with Gasteiger partial charge in [0.25, 0.3) is 0 Å². The van der Waals surface area contributed by atoms with Crippen molar-refractivity contribution in [2.75, 3.05) is 19.6 Å². The van der Waals surface area contributed by atoms with Crippen LogP contribution < -0.4 is 5.32 Å². The smallest absolute Gasteiger partial charge is 0.0249 e. The Kier molecular flexibility index (Phi) is 6.15. The lowest BCUT2D eigenvalue weighted by Crippen LogP contribution is -2.59. The van der Waals surface area contributed by atoms with Crippen molar-refractivity contribution >= 4 is 0 Å². The first-order valence-electron chi connectivity index (χ1n) is 8.68. The first-order chi connectivity index (χ1) is 9.20. The maximum absolute atomic E-state index is 3.72. The summed E-state index contributed by atoms with van der Waals surface area (Å²) >= 11 is 0. The van der Waals surface area contributed by atoms with E-state index >= 15 is 0 Å². The van der Waals surface area contributed by atoms with Crippen molar-refractivity contribution in [1.82, 2.24) is 10.2 Å². The van der Waals surface area contributed by atoms with Crippen LogP contribution >= 0.6 is 0 Å². The molecule has 3 unspecified atom stereocenters. The van der Waals surface area contributed by atoms with Gasteiger partial charge in [-0.15, -0.1) is 0 Å². The quantitative estimate of drug-likeness (QED) is 0.817. The van der Waals surface area contributed by atoms with E-state index in [1.165, 1.54) is 64.6 Å². The van der Waals surface area contributed by atoms with Gasteiger partial charge in [-0.05, 0) is 38.0 Å². The molecule has 0 aromatic heterocycles. The van der Waals surface area contributed by atoms with Gasteiger partial charge in [0, 0.05) is 31.7 Å². The van der Waals surface area contributed by atoms with E-state index in [0.717, 1.165) is 17.9 Å². The highest BCUT2D eigenvalue weighted by atomic mass is 15.2. The fourth-order valence-corrected chi connectivity index (χ4v) is 4.18. The molecule has 0 aromatic rings. The van der Waals surface area contributed by atoms with Crippen molar-refractivity contribution in [2.24, 2.45) is 11.8 Å². The lowest BCUT2D eigenvalue weighted by Gasteiger charge is -2.45. The average molecular weight is 266 g/mol. The average Bonchev–Trinajstić information content (AvgIpc) is 2.40. The monoisotopic (exact) mass is 266 g/mol. The Morgan fingerprint density at radius 2 is 1.95 bits per heavy atom. The molecule has 0 radical (unpaired) electrons. The Morgan fingerprint density at radius 1 is 1.21 bits per heavy atom. The van der Waals surface area contributed by atoms with E-state index in [-0.39, 0.29) is 0 Å². The minimum atomic E-state index is 0.675. The van der Waals surface area contributed by atoms with Crippen LogP contribution in [0.15, 0.2) is 0 Å². The van der Waals surface area contributed by atoms with Gasteiger partial charge in [-0.2, -0.15) is 0 Å². The molecule has 1 saturated heterocycles. The zero-order chi connectivity index (χ0) is 13.7. The largest absolute Gasteiger partial charge is 0.311 e. The zero-order valence-corrected chi connectivity index (χ0v) is 13.3. The fourth-order valence-electron chi connectivity index (χ4n) is 4.18. The molecule has 1 aliphatic heterocycles. The Hall–Kier alpha value is -0.0800. The zero-order valence-electron chi connectivity index (χ0n) is 13.3. The third kappa shape index (κ3) is 4.46. The summed E-state index contributed by atoms with van der Waals surface area (Å²) in [6.45, 7) is 10.9. The Bertz CT molecular complexity index is 248. The molecular weight excluding hydrogens is 232 g/mol. The third-order valence-electron chi connectivity index (χ3n) is 5.17. The molecule has 1 heterocycles. The van der Waals surface area contributed by atoms with Crippen LogP contribution in [0.25, 0.3) is 0 Å². The lowest BCUT2D eigenvalue weighted by atomic mass is 9.82. The second-order valence-electron chi connectivity index (χ2n) is 7.12. The van der Waals surface area contributed by atoms with Gasteiger partial charge in [0.2, 0.25) is 0 Å². The van der Waals surface area contributed by atoms with E-state index in [4.69, 9.17) is 0 Å². The van der Waals surface area contributed by atoms with Crippen LogP contribution in [0, 0.1) is 11.8 Å². The molecule has 112 valence electrons. The summed E-state index contributed by atoms with van der Waals surface area (Å²) < 4.78 is 0. The fraction of sp³-hybridized carbons (Fsp3) is 1.00. The van der Waals surface area contributed by atoms with Gasteiger partial charge in [-0.1, -0.05) is 39.5 Å². The van der Waals surface area contributed by atoms with Gasteiger partial charge in [-0.3, -0.25) is 4.90 Å². The van der Waals surface area contributed by atoms with Gasteiger partial charge >= 0.3 is 0 Å². The molecule has 19 heavy (non-hydrogen) atoms. The lowest BCUT2D eigenvalue weighted by molar-refractivity contribution is 0.0623. The summed E-state index contributed by atoms with van der Waals surface area (Å²) in [5.41, 5.74) is 0. The molecule has 0 spiro atoms. The van der Waals surface area contributed by atoms with Crippen LogP contribution in [0.1, 0.15) is 65.7 Å². The maximum atomic E-state index is 3.72. The van der Waals surface area contributed by atoms with Crippen molar-refractivity contribution in [3.8, 4) is 0 Å². The van der Waals surface area contributed by atoms with Gasteiger partial charge < -0.3 is 5.32 Å². The number of hydrogen-bond donors (Lipinski definition) is 1. The SMILES string of the molecule is CCCC(C)CN1CC(C)NCC1C1CCCCC1. The highest BCUT2D eigenvalue weighted by molar-refractivity contribution is 4.90. The summed E-state index contributed by atoms with van der Waals surface area (Å²) in [5.74, 6) is 1.82. The van der Waals surface area contributed by atoms with E-state index in [9.17, 15) is 0 Å². The predicted molar refractivity (Wildman–Crippen MR) is 83.5 cm³/mol. The molecule has 1 saturated carbocycles. The van der Waals surface area contributed by atoms with Crippen LogP contribution in [0.5, 0.6) is 0 Å². The van der Waals surface area contributed by atoms with Crippen LogP contribution in [0.4, 0.5) is 0 Å². The summed E-state index contributed by atoms with van der Waals surface area (Å²) in [6, 6.07) is 1.49. The summed E-state index contributed by atoms with van der Waals surface area (Å²) in [4.78, 5) is 2.83. The molecule has 0 amide bonds. The number of rotatable bonds is 5. The van der Waals surface area contributed by atoms with Crippen LogP contribution in [-0.2, 0) is 0 Å². The van der Waals surface area contributed by atoms with Crippen molar-refractivity contribution in [1.29, 1.82) is 0 Å². The summed E-state index contributed by atoms with van der Waals surface area (Å²) in [7, 11) is 0. The molecule has 1 N–H and O–H groups in total. The summed E-state index contributed by atoms with van der Waals surface area (Å²) in [5, 5.41) is 3.72. The molecule has 1 aliphatic carbocycles. The van der Waals surface area contributed by atoms with Gasteiger partial charge in [0.15, 0.2) is 0 Å². The van der Waals surface area contributed by atoms with Crippen LogP contribution in [0.2, 0.25) is 0 Å². The molecule has 2 fully saturated rings. The molecule has 2 nitrogen and oxygen atoms in total. The Labute approximate surface area is 120 Å². The van der Waals surface area contributed by atoms with Crippen molar-refractivity contribution in [2.45, 2.75) is 77.8 Å².